The van der Waals surface area contributed by atoms with E-state index in [0.29, 0.717) is 19.4 Å². The Hall–Kier alpha value is -1.30. The summed E-state index contributed by atoms with van der Waals surface area (Å²) in [5.74, 6) is -5.60. The summed E-state index contributed by atoms with van der Waals surface area (Å²) < 4.78 is 58.1. The van der Waals surface area contributed by atoms with Gasteiger partial charge in [0.2, 0.25) is 0 Å². The first-order valence-corrected chi connectivity index (χ1v) is 5.70. The second kappa shape index (κ2) is 5.14. The van der Waals surface area contributed by atoms with Gasteiger partial charge in [-0.05, 0) is 19.8 Å². The van der Waals surface area contributed by atoms with E-state index in [4.69, 9.17) is 4.74 Å². The molecular weight excluding hydrogens is 250 g/mol. The van der Waals surface area contributed by atoms with E-state index in [9.17, 15) is 17.6 Å². The van der Waals surface area contributed by atoms with Crippen LogP contribution >= 0.6 is 0 Å². The zero-order valence-electron chi connectivity index (χ0n) is 9.77. The van der Waals surface area contributed by atoms with Gasteiger partial charge in [0.05, 0.1) is 6.10 Å². The first-order valence-electron chi connectivity index (χ1n) is 5.70. The van der Waals surface area contributed by atoms with E-state index in [0.717, 1.165) is 0 Å². The van der Waals surface area contributed by atoms with Gasteiger partial charge < -0.3 is 10.1 Å². The molecule has 1 aromatic rings. The summed E-state index contributed by atoms with van der Waals surface area (Å²) in [5, 5.41) is 2.52. The Balaban J connectivity index is 2.23. The third-order valence-electron chi connectivity index (χ3n) is 2.95. The third kappa shape index (κ3) is 2.58. The Morgan fingerprint density at radius 1 is 1.17 bits per heavy atom. The maximum atomic E-state index is 13.4. The molecule has 0 bridgehead atoms. The van der Waals surface area contributed by atoms with Gasteiger partial charge in [0.1, 0.15) is 5.69 Å². The van der Waals surface area contributed by atoms with Crippen molar-refractivity contribution in [1.82, 2.24) is 0 Å². The number of nitrogens with one attached hydrogen (secondary N) is 1. The maximum Gasteiger partial charge on any atom is 0.185 e. The van der Waals surface area contributed by atoms with Gasteiger partial charge in [0.25, 0.3) is 0 Å². The summed E-state index contributed by atoms with van der Waals surface area (Å²) in [6, 6.07) is -0.0680. The fourth-order valence-corrected chi connectivity index (χ4v) is 2.03. The first kappa shape index (κ1) is 13.1. The van der Waals surface area contributed by atoms with E-state index in [1.807, 2.05) is 6.92 Å². The van der Waals surface area contributed by atoms with Crippen molar-refractivity contribution in [1.29, 1.82) is 0 Å². The minimum Gasteiger partial charge on any atom is -0.378 e. The molecule has 0 amide bonds. The van der Waals surface area contributed by atoms with Gasteiger partial charge in [0.15, 0.2) is 23.3 Å². The Bertz CT molecular complexity index is 426. The minimum atomic E-state index is -1.41. The summed E-state index contributed by atoms with van der Waals surface area (Å²) >= 11 is 0. The van der Waals surface area contributed by atoms with E-state index >= 15 is 0 Å². The van der Waals surface area contributed by atoms with Gasteiger partial charge >= 0.3 is 0 Å². The van der Waals surface area contributed by atoms with Crippen molar-refractivity contribution < 1.29 is 22.3 Å². The van der Waals surface area contributed by atoms with Crippen LogP contribution < -0.4 is 5.32 Å². The molecule has 2 atom stereocenters. The van der Waals surface area contributed by atoms with E-state index in [-0.39, 0.29) is 18.2 Å². The largest absolute Gasteiger partial charge is 0.378 e. The monoisotopic (exact) mass is 263 g/mol. The molecule has 1 heterocycles. The van der Waals surface area contributed by atoms with Crippen LogP contribution in [0, 0.1) is 23.3 Å². The summed E-state index contributed by atoms with van der Waals surface area (Å²) in [7, 11) is 0. The molecule has 0 aromatic heterocycles. The molecule has 1 saturated heterocycles. The quantitative estimate of drug-likeness (QED) is 0.653. The predicted molar refractivity (Wildman–Crippen MR) is 58.3 cm³/mol. The van der Waals surface area contributed by atoms with Crippen LogP contribution in [0.3, 0.4) is 0 Å². The average Bonchev–Trinajstić information content (AvgIpc) is 2.32. The van der Waals surface area contributed by atoms with E-state index < -0.39 is 29.0 Å². The lowest BCUT2D eigenvalue weighted by Crippen LogP contribution is -2.33. The minimum absolute atomic E-state index is 0.0548. The van der Waals surface area contributed by atoms with Gasteiger partial charge in [-0.3, -0.25) is 0 Å². The van der Waals surface area contributed by atoms with Gasteiger partial charge in [-0.25, -0.2) is 17.6 Å². The summed E-state index contributed by atoms with van der Waals surface area (Å²) in [6.45, 7) is 2.27. The molecule has 2 nitrogen and oxygen atoms in total. The molecule has 6 heteroatoms. The average molecular weight is 263 g/mol. The number of rotatable bonds is 2. The van der Waals surface area contributed by atoms with Crippen molar-refractivity contribution in [3.8, 4) is 0 Å². The van der Waals surface area contributed by atoms with Crippen LogP contribution in [0.4, 0.5) is 23.2 Å². The highest BCUT2D eigenvalue weighted by Gasteiger charge is 2.24. The molecule has 1 N–H and O–H groups in total. The van der Waals surface area contributed by atoms with Crippen LogP contribution in [0.25, 0.3) is 0 Å². The maximum absolute atomic E-state index is 13.4. The molecule has 0 saturated carbocycles. The standard InChI is InChI=1S/C12H13F4NO/c1-6-4-7(2-3-18-6)17-12-10(15)8(13)5-9(14)11(12)16/h5-7,17H,2-4H2,1H3. The third-order valence-corrected chi connectivity index (χ3v) is 2.95. The summed E-state index contributed by atoms with van der Waals surface area (Å²) in [6.07, 6.45) is 0.999. The van der Waals surface area contributed by atoms with Crippen molar-refractivity contribution in [3.05, 3.63) is 29.3 Å². The van der Waals surface area contributed by atoms with Gasteiger partial charge in [-0.1, -0.05) is 0 Å². The van der Waals surface area contributed by atoms with Crippen molar-refractivity contribution >= 4 is 5.69 Å². The Kier molecular flexibility index (Phi) is 3.75. The van der Waals surface area contributed by atoms with Crippen molar-refractivity contribution in [3.63, 3.8) is 0 Å². The second-order valence-electron chi connectivity index (χ2n) is 4.39. The lowest BCUT2D eigenvalue weighted by Gasteiger charge is -2.29. The van der Waals surface area contributed by atoms with Gasteiger partial charge in [-0.2, -0.15) is 0 Å². The van der Waals surface area contributed by atoms with Crippen LogP contribution in [-0.4, -0.2) is 18.8 Å². The molecule has 0 aliphatic carbocycles. The molecule has 1 aliphatic rings. The number of halogens is 4. The lowest BCUT2D eigenvalue weighted by molar-refractivity contribution is 0.0231. The molecule has 2 unspecified atom stereocenters. The SMILES string of the molecule is CC1CC(Nc2c(F)c(F)cc(F)c2F)CCO1. The highest BCUT2D eigenvalue weighted by atomic mass is 19.2. The highest BCUT2D eigenvalue weighted by Crippen LogP contribution is 2.27. The van der Waals surface area contributed by atoms with Crippen LogP contribution in [0.1, 0.15) is 19.8 Å². The zero-order valence-corrected chi connectivity index (χ0v) is 9.77. The number of benzene rings is 1. The molecule has 18 heavy (non-hydrogen) atoms. The van der Waals surface area contributed by atoms with Gasteiger partial charge in [-0.15, -0.1) is 0 Å². The van der Waals surface area contributed by atoms with Crippen molar-refractivity contribution in [2.75, 3.05) is 11.9 Å². The fraction of sp³-hybridized carbons (Fsp3) is 0.500. The molecular formula is C12H13F4NO. The van der Waals surface area contributed by atoms with Crippen molar-refractivity contribution in [2.24, 2.45) is 0 Å². The summed E-state index contributed by atoms with van der Waals surface area (Å²) in [4.78, 5) is 0. The molecule has 100 valence electrons. The number of anilines is 1. The van der Waals surface area contributed by atoms with E-state index in [1.54, 1.807) is 0 Å². The Labute approximate surface area is 102 Å². The molecule has 2 rings (SSSR count). The van der Waals surface area contributed by atoms with Gasteiger partial charge in [0, 0.05) is 18.7 Å². The smallest absolute Gasteiger partial charge is 0.185 e. The van der Waals surface area contributed by atoms with Crippen LogP contribution in [0.15, 0.2) is 6.07 Å². The molecule has 1 aliphatic heterocycles. The molecule has 0 spiro atoms. The molecule has 1 fully saturated rings. The number of hydrogen-bond acceptors (Lipinski definition) is 2. The molecule has 1 aromatic carbocycles. The topological polar surface area (TPSA) is 21.3 Å². The fourth-order valence-electron chi connectivity index (χ4n) is 2.03. The highest BCUT2D eigenvalue weighted by molar-refractivity contribution is 5.48. The Morgan fingerprint density at radius 3 is 2.33 bits per heavy atom. The molecule has 0 radical (unpaired) electrons. The van der Waals surface area contributed by atoms with E-state index in [1.165, 1.54) is 0 Å². The lowest BCUT2D eigenvalue weighted by atomic mass is 10.0. The number of ether oxygens (including phenoxy) is 1. The zero-order chi connectivity index (χ0) is 13.3. The van der Waals surface area contributed by atoms with Crippen LogP contribution in [0.2, 0.25) is 0 Å². The Morgan fingerprint density at radius 2 is 1.78 bits per heavy atom. The first-order chi connectivity index (χ1) is 8.49. The van der Waals surface area contributed by atoms with E-state index in [2.05, 4.69) is 5.32 Å². The van der Waals surface area contributed by atoms with Crippen LogP contribution in [-0.2, 0) is 4.74 Å². The predicted octanol–water partition coefficient (Wildman–Crippen LogP) is 3.22. The van der Waals surface area contributed by atoms with Crippen LogP contribution in [0.5, 0.6) is 0 Å². The normalized spacial score (nSPS) is 24.1. The van der Waals surface area contributed by atoms with Crippen molar-refractivity contribution in [2.45, 2.75) is 31.9 Å². The second-order valence-corrected chi connectivity index (χ2v) is 4.39. The summed E-state index contributed by atoms with van der Waals surface area (Å²) in [5.41, 5.74) is -0.744. The number of hydrogen-bond donors (Lipinski definition) is 1.